The maximum absolute atomic E-state index is 12.7. The van der Waals surface area contributed by atoms with Gasteiger partial charge in [0.05, 0.1) is 12.8 Å². The molecule has 2 aromatic carbocycles. The summed E-state index contributed by atoms with van der Waals surface area (Å²) in [5.74, 6) is -1.13. The molecule has 1 saturated heterocycles. The van der Waals surface area contributed by atoms with Crippen LogP contribution >= 0.6 is 11.6 Å². The second kappa shape index (κ2) is 6.72. The molecular weight excluding hydrogens is 356 g/mol. The highest BCUT2D eigenvalue weighted by Gasteiger charge is 2.34. The van der Waals surface area contributed by atoms with Crippen LogP contribution in [0.3, 0.4) is 0 Å². The first-order chi connectivity index (χ1) is 12.3. The van der Waals surface area contributed by atoms with E-state index in [9.17, 15) is 14.7 Å². The number of ether oxygens (including phenoxy) is 1. The van der Waals surface area contributed by atoms with Gasteiger partial charge in [-0.25, -0.2) is 5.01 Å². The molecule has 0 radical (unpaired) electrons. The van der Waals surface area contributed by atoms with Crippen molar-refractivity contribution >= 4 is 35.2 Å². The summed E-state index contributed by atoms with van der Waals surface area (Å²) in [6.45, 7) is 3.89. The Balaban J connectivity index is 2.01. The van der Waals surface area contributed by atoms with Crippen molar-refractivity contribution in [3.63, 3.8) is 0 Å². The Morgan fingerprint density at radius 2 is 1.88 bits per heavy atom. The maximum atomic E-state index is 12.7. The maximum Gasteiger partial charge on any atom is 0.282 e. The number of nitrogens with zero attached hydrogens (tertiary/aromatic N) is 1. The summed E-state index contributed by atoms with van der Waals surface area (Å²) in [5, 5.41) is 11.7. The molecule has 0 atom stereocenters. The summed E-state index contributed by atoms with van der Waals surface area (Å²) < 4.78 is 5.04. The third kappa shape index (κ3) is 3.11. The molecule has 0 bridgehead atoms. The lowest BCUT2D eigenvalue weighted by atomic mass is 10.1. The molecule has 26 heavy (non-hydrogen) atoms. The van der Waals surface area contributed by atoms with Crippen molar-refractivity contribution in [2.24, 2.45) is 0 Å². The number of aryl methyl sites for hydroxylation is 2. The van der Waals surface area contributed by atoms with Crippen LogP contribution in [0.5, 0.6) is 11.5 Å². The minimum Gasteiger partial charge on any atom is -0.504 e. The molecule has 0 aromatic heterocycles. The molecule has 6 nitrogen and oxygen atoms in total. The first-order valence-corrected chi connectivity index (χ1v) is 8.20. The summed E-state index contributed by atoms with van der Waals surface area (Å²) in [5.41, 5.74) is 5.28. The normalized spacial score (nSPS) is 15.5. The van der Waals surface area contributed by atoms with Gasteiger partial charge in [0.2, 0.25) is 0 Å². The Morgan fingerprint density at radius 3 is 2.54 bits per heavy atom. The van der Waals surface area contributed by atoms with Crippen molar-refractivity contribution in [3.05, 3.63) is 57.6 Å². The second-order valence-electron chi connectivity index (χ2n) is 5.95. The quantitative estimate of drug-likeness (QED) is 0.641. The van der Waals surface area contributed by atoms with Crippen molar-refractivity contribution in [3.8, 4) is 11.5 Å². The van der Waals surface area contributed by atoms with Crippen molar-refractivity contribution in [1.82, 2.24) is 5.43 Å². The lowest BCUT2D eigenvalue weighted by Crippen LogP contribution is -2.35. The van der Waals surface area contributed by atoms with Gasteiger partial charge >= 0.3 is 0 Å². The number of aromatic hydroxyl groups is 1. The lowest BCUT2D eigenvalue weighted by Gasteiger charge is -2.16. The van der Waals surface area contributed by atoms with Gasteiger partial charge in [0, 0.05) is 16.7 Å². The van der Waals surface area contributed by atoms with Crippen LogP contribution < -0.4 is 15.2 Å². The van der Waals surface area contributed by atoms with E-state index >= 15 is 0 Å². The van der Waals surface area contributed by atoms with Crippen molar-refractivity contribution in [1.29, 1.82) is 0 Å². The number of hydrazine groups is 1. The van der Waals surface area contributed by atoms with Crippen LogP contribution in [0.1, 0.15) is 16.7 Å². The highest BCUT2D eigenvalue weighted by molar-refractivity contribution is 6.32. The number of amides is 2. The van der Waals surface area contributed by atoms with Crippen LogP contribution in [0, 0.1) is 13.8 Å². The predicted molar refractivity (Wildman–Crippen MR) is 99.2 cm³/mol. The fourth-order valence-electron chi connectivity index (χ4n) is 2.62. The Morgan fingerprint density at radius 1 is 1.15 bits per heavy atom. The highest BCUT2D eigenvalue weighted by atomic mass is 35.5. The van der Waals surface area contributed by atoms with Gasteiger partial charge in [0.1, 0.15) is 5.57 Å². The van der Waals surface area contributed by atoms with Crippen LogP contribution in [-0.2, 0) is 9.59 Å². The number of methoxy groups -OCH3 is 1. The van der Waals surface area contributed by atoms with Gasteiger partial charge in [-0.05, 0) is 49.2 Å². The number of phenols is 1. The molecule has 1 aliphatic heterocycles. The number of halogens is 1. The zero-order valence-electron chi connectivity index (χ0n) is 14.5. The summed E-state index contributed by atoms with van der Waals surface area (Å²) in [4.78, 5) is 25.0. The first-order valence-electron chi connectivity index (χ1n) is 7.82. The van der Waals surface area contributed by atoms with E-state index in [2.05, 4.69) is 5.43 Å². The minimum absolute atomic E-state index is 0.108. The monoisotopic (exact) mass is 372 g/mol. The largest absolute Gasteiger partial charge is 0.504 e. The minimum atomic E-state index is -0.563. The van der Waals surface area contributed by atoms with Crippen molar-refractivity contribution in [2.75, 3.05) is 12.1 Å². The average Bonchev–Trinajstić information content (AvgIpc) is 2.88. The fraction of sp³-hybridized carbons (Fsp3) is 0.158. The van der Waals surface area contributed by atoms with Gasteiger partial charge in [-0.2, -0.15) is 0 Å². The van der Waals surface area contributed by atoms with Crippen LogP contribution in [0.2, 0.25) is 5.02 Å². The topological polar surface area (TPSA) is 78.9 Å². The van der Waals surface area contributed by atoms with E-state index in [1.54, 1.807) is 6.07 Å². The molecule has 1 aliphatic rings. The van der Waals surface area contributed by atoms with Gasteiger partial charge in [0.15, 0.2) is 11.5 Å². The van der Waals surface area contributed by atoms with Crippen LogP contribution in [0.25, 0.3) is 6.08 Å². The van der Waals surface area contributed by atoms with Crippen molar-refractivity contribution in [2.45, 2.75) is 13.8 Å². The number of benzene rings is 2. The molecule has 2 amide bonds. The summed E-state index contributed by atoms with van der Waals surface area (Å²) >= 11 is 6.00. The Labute approximate surface area is 155 Å². The molecule has 2 aromatic rings. The third-order valence-electron chi connectivity index (χ3n) is 4.23. The number of rotatable bonds is 3. The van der Waals surface area contributed by atoms with E-state index in [1.807, 2.05) is 26.0 Å². The molecular formula is C19H17ClN2O4. The number of anilines is 1. The zero-order chi connectivity index (χ0) is 19.0. The molecule has 0 aliphatic carbocycles. The number of hydrogen-bond donors (Lipinski definition) is 2. The van der Waals surface area contributed by atoms with Crippen LogP contribution in [0.15, 0.2) is 35.9 Å². The van der Waals surface area contributed by atoms with Gasteiger partial charge in [-0.3, -0.25) is 15.0 Å². The molecule has 0 unspecified atom stereocenters. The molecule has 0 saturated carbocycles. The SMILES string of the molecule is COc1cc(Cl)cc(/C=C2/C(=O)NN(c3ccc(C)c(C)c3)C2=O)c1O. The predicted octanol–water partition coefficient (Wildman–Crippen LogP) is 3.13. The van der Waals surface area contributed by atoms with Crippen LogP contribution in [-0.4, -0.2) is 24.0 Å². The van der Waals surface area contributed by atoms with Gasteiger partial charge in [-0.15, -0.1) is 0 Å². The second-order valence-corrected chi connectivity index (χ2v) is 6.39. The lowest BCUT2D eigenvalue weighted by molar-refractivity contribution is -0.117. The number of hydrogen-bond acceptors (Lipinski definition) is 4. The molecule has 3 rings (SSSR count). The summed E-state index contributed by atoms with van der Waals surface area (Å²) in [7, 11) is 1.39. The Kier molecular flexibility index (Phi) is 4.61. The number of phenolic OH excluding ortho intramolecular Hbond substituents is 1. The average molecular weight is 373 g/mol. The van der Waals surface area contributed by atoms with Gasteiger partial charge in [-0.1, -0.05) is 17.7 Å². The third-order valence-corrected chi connectivity index (χ3v) is 4.45. The molecule has 7 heteroatoms. The number of carbonyl (C=O) groups excluding carboxylic acids is 2. The standard InChI is InChI=1S/C19H17ClN2O4/c1-10-4-5-14(6-11(10)2)22-19(25)15(18(24)21-22)8-12-7-13(20)9-16(26-3)17(12)23/h4-9,23H,1-3H3,(H,21,24)/b15-8-. The molecule has 0 spiro atoms. The van der Waals surface area contributed by atoms with E-state index in [0.29, 0.717) is 10.7 Å². The van der Waals surface area contributed by atoms with E-state index < -0.39 is 11.8 Å². The molecule has 134 valence electrons. The number of carbonyl (C=O) groups is 2. The number of nitrogens with one attached hydrogen (secondary N) is 1. The summed E-state index contributed by atoms with van der Waals surface area (Å²) in [6.07, 6.45) is 1.29. The first kappa shape index (κ1) is 17.8. The summed E-state index contributed by atoms with van der Waals surface area (Å²) in [6, 6.07) is 8.33. The fourth-order valence-corrected chi connectivity index (χ4v) is 2.84. The van der Waals surface area contributed by atoms with Crippen molar-refractivity contribution < 1.29 is 19.4 Å². The van der Waals surface area contributed by atoms with E-state index in [-0.39, 0.29) is 22.6 Å². The van der Waals surface area contributed by atoms with Gasteiger partial charge < -0.3 is 9.84 Å². The highest BCUT2D eigenvalue weighted by Crippen LogP contribution is 2.35. The van der Waals surface area contributed by atoms with E-state index in [4.69, 9.17) is 16.3 Å². The molecule has 1 heterocycles. The Hall–Kier alpha value is -2.99. The smallest absolute Gasteiger partial charge is 0.282 e. The van der Waals surface area contributed by atoms with Gasteiger partial charge in [0.25, 0.3) is 11.8 Å². The molecule has 1 fully saturated rings. The van der Waals surface area contributed by atoms with Crippen LogP contribution in [0.4, 0.5) is 5.69 Å². The van der Waals surface area contributed by atoms with E-state index in [1.165, 1.54) is 30.3 Å². The molecule has 2 N–H and O–H groups in total. The Bertz CT molecular complexity index is 953. The zero-order valence-corrected chi connectivity index (χ0v) is 15.2. The van der Waals surface area contributed by atoms with E-state index in [0.717, 1.165) is 11.1 Å².